The van der Waals surface area contributed by atoms with Crippen molar-refractivity contribution in [3.05, 3.63) is 53.9 Å². The zero-order valence-electron chi connectivity index (χ0n) is 18.9. The monoisotopic (exact) mass is 481 g/mol. The van der Waals surface area contributed by atoms with Crippen LogP contribution in [-0.2, 0) is 22.3 Å². The lowest BCUT2D eigenvalue weighted by molar-refractivity contribution is 0.346. The molecule has 0 aliphatic carbocycles. The van der Waals surface area contributed by atoms with E-state index in [0.29, 0.717) is 29.3 Å². The highest BCUT2D eigenvalue weighted by Crippen LogP contribution is 2.30. The van der Waals surface area contributed by atoms with Gasteiger partial charge in [0.05, 0.1) is 38.4 Å². The summed E-state index contributed by atoms with van der Waals surface area (Å²) in [5, 5.41) is 0.856. The molecule has 1 aliphatic heterocycles. The van der Waals surface area contributed by atoms with Gasteiger partial charge in [0.2, 0.25) is 10.0 Å². The first kappa shape index (κ1) is 22.3. The number of thioether (sulfide) groups is 1. The lowest BCUT2D eigenvalue weighted by Crippen LogP contribution is -2.35. The first-order valence-corrected chi connectivity index (χ1v) is 13.8. The lowest BCUT2D eigenvalue weighted by atomic mass is 10.2. The maximum atomic E-state index is 13.1. The van der Waals surface area contributed by atoms with E-state index in [1.165, 1.54) is 0 Å². The van der Waals surface area contributed by atoms with Crippen LogP contribution in [0.15, 0.2) is 52.5 Å². The van der Waals surface area contributed by atoms with Gasteiger partial charge in [-0.1, -0.05) is 30.3 Å². The Labute approximate surface area is 198 Å². The number of para-hydroxylation sites is 2. The number of sulfonamides is 1. The molecule has 0 saturated carbocycles. The smallest absolute Gasteiger partial charge is 0.243 e. The molecule has 1 saturated heterocycles. The summed E-state index contributed by atoms with van der Waals surface area (Å²) in [7, 11) is -3.49. The van der Waals surface area contributed by atoms with Crippen molar-refractivity contribution in [3.63, 3.8) is 0 Å². The van der Waals surface area contributed by atoms with Gasteiger partial charge in [-0.3, -0.25) is 0 Å². The molecular formula is C24H27N5O2S2. The Kier molecular flexibility index (Phi) is 6.11. The molecule has 0 radical (unpaired) electrons. The molecular weight excluding hydrogens is 454 g/mol. The van der Waals surface area contributed by atoms with Crippen LogP contribution in [0.4, 0.5) is 0 Å². The van der Waals surface area contributed by atoms with E-state index in [2.05, 4.69) is 16.5 Å². The third kappa shape index (κ3) is 4.25. The summed E-state index contributed by atoms with van der Waals surface area (Å²) in [6, 6.07) is 13.2. The number of imidazole rings is 1. The zero-order valence-corrected chi connectivity index (χ0v) is 20.5. The molecule has 0 bridgehead atoms. The molecule has 33 heavy (non-hydrogen) atoms. The minimum atomic E-state index is -3.49. The summed E-state index contributed by atoms with van der Waals surface area (Å²) < 4.78 is 30.0. The number of aromatic nitrogens is 4. The average molecular weight is 482 g/mol. The summed E-state index contributed by atoms with van der Waals surface area (Å²) >= 11 is 1.60. The Balaban J connectivity index is 1.44. The van der Waals surface area contributed by atoms with Gasteiger partial charge in [0.25, 0.3) is 0 Å². The predicted molar refractivity (Wildman–Crippen MR) is 132 cm³/mol. The molecule has 3 heterocycles. The van der Waals surface area contributed by atoms with Crippen molar-refractivity contribution in [2.75, 3.05) is 13.1 Å². The van der Waals surface area contributed by atoms with E-state index in [1.54, 1.807) is 28.2 Å². The number of rotatable bonds is 6. The van der Waals surface area contributed by atoms with Crippen molar-refractivity contribution in [1.82, 2.24) is 23.8 Å². The molecule has 1 fully saturated rings. The number of aryl methyl sites for hydroxylation is 2. The van der Waals surface area contributed by atoms with E-state index in [0.717, 1.165) is 58.9 Å². The van der Waals surface area contributed by atoms with Gasteiger partial charge < -0.3 is 4.57 Å². The molecule has 2 aromatic heterocycles. The van der Waals surface area contributed by atoms with E-state index < -0.39 is 10.0 Å². The summed E-state index contributed by atoms with van der Waals surface area (Å²) in [6.45, 7) is 5.99. The summed E-state index contributed by atoms with van der Waals surface area (Å²) in [5.74, 6) is 0.645. The number of nitrogens with zero attached hydrogens (tertiary/aromatic N) is 5. The molecule has 0 spiro atoms. The molecule has 0 unspecified atom stereocenters. The summed E-state index contributed by atoms with van der Waals surface area (Å²) in [5.41, 5.74) is 5.27. The highest BCUT2D eigenvalue weighted by atomic mass is 32.2. The Bertz CT molecular complexity index is 1430. The second-order valence-corrected chi connectivity index (χ2v) is 11.2. The van der Waals surface area contributed by atoms with Crippen molar-refractivity contribution in [3.8, 4) is 0 Å². The number of piperidine rings is 1. The largest absolute Gasteiger partial charge is 0.319 e. The third-order valence-electron chi connectivity index (χ3n) is 6.13. The first-order valence-electron chi connectivity index (χ1n) is 11.3. The Morgan fingerprint density at radius 2 is 1.67 bits per heavy atom. The fraction of sp³-hybridized carbons (Fsp3) is 0.375. The Hall–Kier alpha value is -2.49. The maximum absolute atomic E-state index is 13.1. The van der Waals surface area contributed by atoms with Crippen LogP contribution in [0.3, 0.4) is 0 Å². The second-order valence-electron chi connectivity index (χ2n) is 8.29. The highest BCUT2D eigenvalue weighted by Gasteiger charge is 2.26. The van der Waals surface area contributed by atoms with Gasteiger partial charge >= 0.3 is 0 Å². The van der Waals surface area contributed by atoms with Crippen LogP contribution in [0.2, 0.25) is 0 Å². The maximum Gasteiger partial charge on any atom is 0.243 e. The van der Waals surface area contributed by atoms with E-state index in [-0.39, 0.29) is 0 Å². The van der Waals surface area contributed by atoms with Crippen molar-refractivity contribution >= 4 is 43.9 Å². The quantitative estimate of drug-likeness (QED) is 0.369. The van der Waals surface area contributed by atoms with Crippen molar-refractivity contribution in [2.24, 2.45) is 0 Å². The van der Waals surface area contributed by atoms with E-state index in [1.807, 2.05) is 37.3 Å². The normalized spacial score (nSPS) is 15.5. The molecule has 0 amide bonds. The fourth-order valence-electron chi connectivity index (χ4n) is 4.31. The predicted octanol–water partition coefficient (Wildman–Crippen LogP) is 4.77. The van der Waals surface area contributed by atoms with Gasteiger partial charge in [0.1, 0.15) is 0 Å². The lowest BCUT2D eigenvalue weighted by Gasteiger charge is -2.25. The van der Waals surface area contributed by atoms with Crippen LogP contribution in [0.5, 0.6) is 0 Å². The Morgan fingerprint density at radius 3 is 2.39 bits per heavy atom. The average Bonchev–Trinajstić information content (AvgIpc) is 3.20. The Morgan fingerprint density at radius 1 is 0.939 bits per heavy atom. The minimum Gasteiger partial charge on any atom is -0.319 e. The molecule has 5 rings (SSSR count). The molecule has 172 valence electrons. The van der Waals surface area contributed by atoms with Gasteiger partial charge in [0.15, 0.2) is 5.16 Å². The minimum absolute atomic E-state index is 0.324. The molecule has 0 N–H and O–H groups in total. The second kappa shape index (κ2) is 9.04. The molecule has 1 aliphatic rings. The van der Waals surface area contributed by atoms with Crippen LogP contribution < -0.4 is 0 Å². The van der Waals surface area contributed by atoms with E-state index in [9.17, 15) is 8.42 Å². The van der Waals surface area contributed by atoms with Crippen LogP contribution in [-0.4, -0.2) is 45.3 Å². The van der Waals surface area contributed by atoms with Crippen molar-refractivity contribution in [1.29, 1.82) is 0 Å². The number of hydrogen-bond acceptors (Lipinski definition) is 6. The van der Waals surface area contributed by atoms with Crippen molar-refractivity contribution in [2.45, 2.75) is 55.5 Å². The zero-order chi connectivity index (χ0) is 23.0. The van der Waals surface area contributed by atoms with Gasteiger partial charge in [-0.05, 0) is 57.0 Å². The topological polar surface area (TPSA) is 81.0 Å². The molecule has 2 aromatic carbocycles. The standard InChI is InChI=1S/C24H27N5O2S2/c1-3-29-23-12-11-18(33(30,31)28-13-7-4-8-14-28)15-21(23)27-24(29)32-16-22-17(2)25-19-9-5-6-10-20(19)26-22/h5-6,9-12,15H,3-4,7-8,13-14,16H2,1-2H3. The SMILES string of the molecule is CCn1c(SCc2nc3ccccc3nc2C)nc2cc(S(=O)(=O)N3CCCCC3)ccc21. The molecule has 4 aromatic rings. The van der Waals surface area contributed by atoms with Gasteiger partial charge in [-0.2, -0.15) is 4.31 Å². The van der Waals surface area contributed by atoms with Crippen LogP contribution in [0.1, 0.15) is 37.6 Å². The van der Waals surface area contributed by atoms with Gasteiger partial charge in [-0.15, -0.1) is 0 Å². The number of benzene rings is 2. The van der Waals surface area contributed by atoms with Crippen molar-refractivity contribution < 1.29 is 8.42 Å². The highest BCUT2D eigenvalue weighted by molar-refractivity contribution is 7.98. The van der Waals surface area contributed by atoms with E-state index in [4.69, 9.17) is 9.97 Å². The van der Waals surface area contributed by atoms with Crippen LogP contribution in [0, 0.1) is 6.92 Å². The molecule has 7 nitrogen and oxygen atoms in total. The number of hydrogen-bond donors (Lipinski definition) is 0. The molecule has 0 atom stereocenters. The molecule has 9 heteroatoms. The first-order chi connectivity index (χ1) is 16.0. The van der Waals surface area contributed by atoms with Gasteiger partial charge in [0, 0.05) is 25.4 Å². The van der Waals surface area contributed by atoms with Crippen LogP contribution >= 0.6 is 11.8 Å². The third-order valence-corrected chi connectivity index (χ3v) is 9.02. The summed E-state index contributed by atoms with van der Waals surface area (Å²) in [4.78, 5) is 14.6. The number of fused-ring (bicyclic) bond motifs is 2. The fourth-order valence-corrected chi connectivity index (χ4v) is 6.94. The van der Waals surface area contributed by atoms with Gasteiger partial charge in [-0.25, -0.2) is 23.4 Å². The van der Waals surface area contributed by atoms with Crippen LogP contribution in [0.25, 0.3) is 22.1 Å². The van der Waals surface area contributed by atoms with E-state index >= 15 is 0 Å². The summed E-state index contributed by atoms with van der Waals surface area (Å²) in [6.07, 6.45) is 2.93.